The van der Waals surface area contributed by atoms with E-state index in [1.807, 2.05) is 0 Å². The number of nitrogens with one attached hydrogen (secondary N) is 1. The van der Waals surface area contributed by atoms with Gasteiger partial charge < -0.3 is 9.73 Å². The van der Waals surface area contributed by atoms with Gasteiger partial charge in [0.15, 0.2) is 5.76 Å². The van der Waals surface area contributed by atoms with Crippen LogP contribution in [-0.2, 0) is 4.79 Å². The fraction of sp³-hybridized carbons (Fsp3) is 0. The van der Waals surface area contributed by atoms with E-state index in [0.29, 0.717) is 42.9 Å². The van der Waals surface area contributed by atoms with E-state index in [1.165, 1.54) is 6.08 Å². The van der Waals surface area contributed by atoms with Crippen molar-refractivity contribution in [2.45, 2.75) is 0 Å². The summed E-state index contributed by atoms with van der Waals surface area (Å²) < 4.78 is 5.78. The first-order valence-corrected chi connectivity index (χ1v) is 10.3. The molecule has 0 fully saturated rings. The van der Waals surface area contributed by atoms with Crippen LogP contribution in [0, 0.1) is 0 Å². The Bertz CT molecular complexity index is 1320. The molecule has 0 aliphatic heterocycles. The predicted molar refractivity (Wildman–Crippen MR) is 125 cm³/mol. The minimum Gasteiger partial charge on any atom is -0.450 e. The first kappa shape index (κ1) is 21.2. The number of carbonyl (C=O) groups excluding carboxylic acids is 2. The molecule has 4 rings (SSSR count). The van der Waals surface area contributed by atoms with Crippen LogP contribution in [0.15, 0.2) is 77.2 Å². The van der Waals surface area contributed by atoms with Crippen LogP contribution in [0.25, 0.3) is 17.0 Å². The van der Waals surface area contributed by atoms with Crippen molar-refractivity contribution in [2.75, 3.05) is 5.32 Å². The molecule has 31 heavy (non-hydrogen) atoms. The third kappa shape index (κ3) is 4.67. The van der Waals surface area contributed by atoms with Gasteiger partial charge in [-0.1, -0.05) is 53.0 Å². The third-order valence-electron chi connectivity index (χ3n) is 4.53. The topological polar surface area (TPSA) is 59.3 Å². The van der Waals surface area contributed by atoms with E-state index in [9.17, 15) is 9.59 Å². The van der Waals surface area contributed by atoms with Crippen LogP contribution in [0.1, 0.15) is 21.7 Å². The average Bonchev–Trinajstić information content (AvgIpc) is 3.11. The standard InChI is InChI=1S/C24H14Cl3NO3/c25-16-9-6-15(7-10-16)23(30)24-22(18-3-1-2-4-20(18)31-24)28-21(29)12-8-14-5-11-17(26)13-19(14)27/h1-13H,(H,28,29). The highest BCUT2D eigenvalue weighted by Gasteiger charge is 2.23. The second-order valence-electron chi connectivity index (χ2n) is 6.63. The zero-order valence-corrected chi connectivity index (χ0v) is 18.1. The van der Waals surface area contributed by atoms with Crippen molar-refractivity contribution in [3.05, 3.63) is 105 Å². The molecule has 0 aliphatic rings. The summed E-state index contributed by atoms with van der Waals surface area (Å²) >= 11 is 18.0. The zero-order valence-electron chi connectivity index (χ0n) is 15.9. The van der Waals surface area contributed by atoms with E-state index in [-0.39, 0.29) is 11.5 Å². The summed E-state index contributed by atoms with van der Waals surface area (Å²) in [5.41, 5.74) is 1.81. The number of anilines is 1. The van der Waals surface area contributed by atoms with Gasteiger partial charge in [-0.05, 0) is 60.2 Å². The molecule has 0 aliphatic carbocycles. The van der Waals surface area contributed by atoms with Crippen LogP contribution in [0.3, 0.4) is 0 Å². The number of fused-ring (bicyclic) bond motifs is 1. The number of furan rings is 1. The Kier molecular flexibility index (Phi) is 6.14. The molecule has 0 unspecified atom stereocenters. The molecule has 7 heteroatoms. The van der Waals surface area contributed by atoms with Crippen molar-refractivity contribution < 1.29 is 14.0 Å². The van der Waals surface area contributed by atoms with Gasteiger partial charge >= 0.3 is 0 Å². The van der Waals surface area contributed by atoms with Gasteiger partial charge in [-0.2, -0.15) is 0 Å². The second kappa shape index (κ2) is 8.98. The quantitative estimate of drug-likeness (QED) is 0.246. The zero-order chi connectivity index (χ0) is 22.0. The van der Waals surface area contributed by atoms with Gasteiger partial charge in [0.1, 0.15) is 5.58 Å². The fourth-order valence-corrected chi connectivity index (χ4v) is 3.63. The first-order chi connectivity index (χ1) is 14.9. The molecule has 154 valence electrons. The minimum absolute atomic E-state index is 0.0368. The number of rotatable bonds is 5. The number of ketones is 1. The van der Waals surface area contributed by atoms with Gasteiger partial charge in [-0.15, -0.1) is 0 Å². The maximum atomic E-state index is 13.0. The van der Waals surface area contributed by atoms with Gasteiger partial charge in [0.25, 0.3) is 0 Å². The van der Waals surface area contributed by atoms with Crippen LogP contribution < -0.4 is 5.32 Å². The Morgan fingerprint density at radius 1 is 0.871 bits per heavy atom. The highest BCUT2D eigenvalue weighted by molar-refractivity contribution is 6.35. The third-order valence-corrected chi connectivity index (χ3v) is 5.35. The summed E-state index contributed by atoms with van der Waals surface area (Å²) in [7, 11) is 0. The lowest BCUT2D eigenvalue weighted by atomic mass is 10.1. The van der Waals surface area contributed by atoms with Crippen LogP contribution in [-0.4, -0.2) is 11.7 Å². The summed E-state index contributed by atoms with van der Waals surface area (Å²) in [4.78, 5) is 25.7. The first-order valence-electron chi connectivity index (χ1n) is 9.18. The average molecular weight is 471 g/mol. The highest BCUT2D eigenvalue weighted by atomic mass is 35.5. The van der Waals surface area contributed by atoms with Crippen LogP contribution in [0.2, 0.25) is 15.1 Å². The molecular weight excluding hydrogens is 457 g/mol. The van der Waals surface area contributed by atoms with Crippen molar-refractivity contribution in [3.63, 3.8) is 0 Å². The minimum atomic E-state index is -0.442. The van der Waals surface area contributed by atoms with E-state index in [4.69, 9.17) is 39.2 Å². The molecule has 1 amide bonds. The van der Waals surface area contributed by atoms with Crippen molar-refractivity contribution in [2.24, 2.45) is 0 Å². The molecule has 0 atom stereocenters. The Labute approximate surface area is 193 Å². The SMILES string of the molecule is O=C(C=Cc1ccc(Cl)cc1Cl)Nc1c(C(=O)c2ccc(Cl)cc2)oc2ccccc12. The predicted octanol–water partition coefficient (Wildman–Crippen LogP) is 7.28. The molecule has 1 aromatic heterocycles. The number of amides is 1. The van der Waals surface area contributed by atoms with Crippen LogP contribution >= 0.6 is 34.8 Å². The fourth-order valence-electron chi connectivity index (χ4n) is 3.03. The maximum absolute atomic E-state index is 13.0. The molecule has 0 spiro atoms. The molecule has 0 saturated heterocycles. The molecule has 3 aromatic carbocycles. The van der Waals surface area contributed by atoms with Gasteiger partial charge in [-0.25, -0.2) is 0 Å². The summed E-state index contributed by atoms with van der Waals surface area (Å²) in [5, 5.41) is 4.81. The van der Waals surface area contributed by atoms with E-state index >= 15 is 0 Å². The van der Waals surface area contributed by atoms with Crippen molar-refractivity contribution in [1.29, 1.82) is 0 Å². The molecule has 4 nitrogen and oxygen atoms in total. The van der Waals surface area contributed by atoms with Crippen LogP contribution in [0.5, 0.6) is 0 Å². The van der Waals surface area contributed by atoms with Gasteiger partial charge in [-0.3, -0.25) is 9.59 Å². The second-order valence-corrected chi connectivity index (χ2v) is 7.91. The molecule has 1 heterocycles. The lowest BCUT2D eigenvalue weighted by molar-refractivity contribution is -0.111. The highest BCUT2D eigenvalue weighted by Crippen LogP contribution is 2.33. The lowest BCUT2D eigenvalue weighted by Gasteiger charge is -2.04. The molecule has 0 radical (unpaired) electrons. The molecule has 0 saturated carbocycles. The van der Waals surface area contributed by atoms with E-state index in [2.05, 4.69) is 5.32 Å². The summed E-state index contributed by atoms with van der Waals surface area (Å²) in [6, 6.07) is 18.5. The normalized spacial score (nSPS) is 11.2. The van der Waals surface area contributed by atoms with Gasteiger partial charge in [0.2, 0.25) is 11.7 Å². The summed E-state index contributed by atoms with van der Waals surface area (Å²) in [6.07, 6.45) is 2.89. The smallest absolute Gasteiger partial charge is 0.248 e. The van der Waals surface area contributed by atoms with Crippen LogP contribution in [0.4, 0.5) is 5.69 Å². The largest absolute Gasteiger partial charge is 0.450 e. The van der Waals surface area contributed by atoms with E-state index < -0.39 is 5.91 Å². The lowest BCUT2D eigenvalue weighted by Crippen LogP contribution is -2.11. The maximum Gasteiger partial charge on any atom is 0.248 e. The molecule has 0 bridgehead atoms. The number of benzene rings is 3. The van der Waals surface area contributed by atoms with Crippen molar-refractivity contribution in [1.82, 2.24) is 0 Å². The molecule has 1 N–H and O–H groups in total. The van der Waals surface area contributed by atoms with E-state index in [1.54, 1.807) is 72.8 Å². The summed E-state index contributed by atoms with van der Waals surface area (Å²) in [5.74, 6) is -0.773. The Hall–Kier alpha value is -3.05. The number of hydrogen-bond acceptors (Lipinski definition) is 3. The number of para-hydroxylation sites is 1. The number of halogens is 3. The Balaban J connectivity index is 1.67. The number of hydrogen-bond donors (Lipinski definition) is 1. The van der Waals surface area contributed by atoms with Crippen molar-refractivity contribution >= 4 is 69.2 Å². The van der Waals surface area contributed by atoms with Gasteiger partial charge in [0, 0.05) is 32.1 Å². The Morgan fingerprint density at radius 3 is 2.32 bits per heavy atom. The monoisotopic (exact) mass is 469 g/mol. The van der Waals surface area contributed by atoms with Gasteiger partial charge in [0.05, 0.1) is 5.69 Å². The van der Waals surface area contributed by atoms with Crippen molar-refractivity contribution in [3.8, 4) is 0 Å². The number of carbonyl (C=O) groups is 2. The molecule has 4 aromatic rings. The molecular formula is C24H14Cl3NO3. The van der Waals surface area contributed by atoms with E-state index in [0.717, 1.165) is 0 Å². The Morgan fingerprint density at radius 2 is 1.58 bits per heavy atom. The summed E-state index contributed by atoms with van der Waals surface area (Å²) in [6.45, 7) is 0.